The van der Waals surface area contributed by atoms with Crippen LogP contribution in [0.15, 0.2) is 67.0 Å². The van der Waals surface area contributed by atoms with E-state index in [1.807, 2.05) is 36.4 Å². The molecule has 0 saturated heterocycles. The van der Waals surface area contributed by atoms with Gasteiger partial charge in [-0.3, -0.25) is 14.6 Å². The summed E-state index contributed by atoms with van der Waals surface area (Å²) in [7, 11) is 0. The van der Waals surface area contributed by atoms with E-state index in [-0.39, 0.29) is 6.54 Å². The highest BCUT2D eigenvalue weighted by Crippen LogP contribution is 2.18. The summed E-state index contributed by atoms with van der Waals surface area (Å²) in [5.74, 6) is -1.36. The number of benzene rings is 2. The zero-order valence-corrected chi connectivity index (χ0v) is 12.3. The fourth-order valence-corrected chi connectivity index (χ4v) is 2.22. The van der Waals surface area contributed by atoms with Gasteiger partial charge in [-0.2, -0.15) is 0 Å². The molecule has 1 aromatic heterocycles. The Morgan fingerprint density at radius 1 is 0.870 bits per heavy atom. The van der Waals surface area contributed by atoms with Gasteiger partial charge in [0, 0.05) is 24.6 Å². The van der Waals surface area contributed by atoms with Crippen LogP contribution in [0.3, 0.4) is 0 Å². The van der Waals surface area contributed by atoms with Crippen molar-refractivity contribution in [3.8, 4) is 0 Å². The Kier molecular flexibility index (Phi) is 4.29. The number of carbonyl (C=O) groups excluding carboxylic acids is 2. The monoisotopic (exact) mass is 305 g/mol. The molecule has 0 spiro atoms. The molecule has 0 atom stereocenters. The van der Waals surface area contributed by atoms with Crippen molar-refractivity contribution in [1.82, 2.24) is 10.3 Å². The van der Waals surface area contributed by atoms with Crippen LogP contribution in [0.2, 0.25) is 0 Å². The van der Waals surface area contributed by atoms with Crippen molar-refractivity contribution in [1.29, 1.82) is 0 Å². The van der Waals surface area contributed by atoms with Gasteiger partial charge in [0.2, 0.25) is 0 Å². The minimum Gasteiger partial charge on any atom is -0.344 e. The number of carbonyl (C=O) groups is 2. The molecule has 2 N–H and O–H groups in total. The highest BCUT2D eigenvalue weighted by molar-refractivity contribution is 6.39. The van der Waals surface area contributed by atoms with E-state index in [0.717, 1.165) is 16.3 Å². The highest BCUT2D eigenvalue weighted by atomic mass is 16.2. The van der Waals surface area contributed by atoms with Gasteiger partial charge in [0.25, 0.3) is 0 Å². The summed E-state index contributed by atoms with van der Waals surface area (Å²) >= 11 is 0. The van der Waals surface area contributed by atoms with E-state index in [9.17, 15) is 9.59 Å². The average Bonchev–Trinajstić information content (AvgIpc) is 2.60. The van der Waals surface area contributed by atoms with Gasteiger partial charge in [0.15, 0.2) is 0 Å². The number of nitrogens with zero attached hydrogens (tertiary/aromatic N) is 1. The Hall–Kier alpha value is -3.21. The SMILES string of the molecule is O=C(NCc1ccncc1)C(=O)Nc1ccc2ccccc2c1. The van der Waals surface area contributed by atoms with Crippen LogP contribution in [0.25, 0.3) is 10.8 Å². The van der Waals surface area contributed by atoms with Crippen LogP contribution in [-0.2, 0) is 16.1 Å². The third-order valence-corrected chi connectivity index (χ3v) is 3.42. The number of hydrogen-bond donors (Lipinski definition) is 2. The molecular weight excluding hydrogens is 290 g/mol. The number of rotatable bonds is 3. The first-order valence-corrected chi connectivity index (χ1v) is 7.19. The molecule has 0 aliphatic heterocycles. The first-order valence-electron chi connectivity index (χ1n) is 7.19. The van der Waals surface area contributed by atoms with Gasteiger partial charge < -0.3 is 10.6 Å². The average molecular weight is 305 g/mol. The van der Waals surface area contributed by atoms with Gasteiger partial charge in [-0.05, 0) is 40.6 Å². The van der Waals surface area contributed by atoms with Crippen LogP contribution in [0.4, 0.5) is 5.69 Å². The normalized spacial score (nSPS) is 10.3. The number of anilines is 1. The molecule has 0 fully saturated rings. The van der Waals surface area contributed by atoms with Crippen molar-refractivity contribution in [2.24, 2.45) is 0 Å². The lowest BCUT2D eigenvalue weighted by atomic mass is 10.1. The Balaban J connectivity index is 1.62. The van der Waals surface area contributed by atoms with Gasteiger partial charge in [-0.15, -0.1) is 0 Å². The largest absolute Gasteiger partial charge is 0.344 e. The number of pyridine rings is 1. The molecule has 0 radical (unpaired) electrons. The van der Waals surface area contributed by atoms with Crippen molar-refractivity contribution in [2.45, 2.75) is 6.54 Å². The molecule has 5 heteroatoms. The number of aromatic nitrogens is 1. The van der Waals surface area contributed by atoms with Crippen LogP contribution in [-0.4, -0.2) is 16.8 Å². The minimum absolute atomic E-state index is 0.284. The van der Waals surface area contributed by atoms with Crippen LogP contribution in [0.5, 0.6) is 0 Å². The van der Waals surface area contributed by atoms with Crippen molar-refractivity contribution in [3.63, 3.8) is 0 Å². The maximum absolute atomic E-state index is 11.9. The van der Waals surface area contributed by atoms with Gasteiger partial charge in [-0.1, -0.05) is 30.3 Å². The topological polar surface area (TPSA) is 71.1 Å². The summed E-state index contributed by atoms with van der Waals surface area (Å²) in [6, 6.07) is 16.9. The van der Waals surface area contributed by atoms with Gasteiger partial charge in [0.1, 0.15) is 0 Å². The zero-order valence-electron chi connectivity index (χ0n) is 12.3. The van der Waals surface area contributed by atoms with E-state index in [2.05, 4.69) is 15.6 Å². The molecule has 0 unspecified atom stereocenters. The molecule has 0 aliphatic rings. The van der Waals surface area contributed by atoms with Crippen LogP contribution in [0.1, 0.15) is 5.56 Å². The van der Waals surface area contributed by atoms with Crippen molar-refractivity contribution >= 4 is 28.3 Å². The second-order valence-electron chi connectivity index (χ2n) is 5.05. The highest BCUT2D eigenvalue weighted by Gasteiger charge is 2.13. The molecule has 0 aliphatic carbocycles. The lowest BCUT2D eigenvalue weighted by Gasteiger charge is -2.07. The Labute approximate surface area is 133 Å². The summed E-state index contributed by atoms with van der Waals surface area (Å²) in [5, 5.41) is 7.26. The summed E-state index contributed by atoms with van der Waals surface area (Å²) in [6.07, 6.45) is 3.27. The molecule has 3 aromatic rings. The molecular formula is C18H15N3O2. The van der Waals surface area contributed by atoms with E-state index < -0.39 is 11.8 Å². The Bertz CT molecular complexity index is 847. The maximum Gasteiger partial charge on any atom is 0.313 e. The molecule has 3 rings (SSSR count). The summed E-state index contributed by atoms with van der Waals surface area (Å²) in [6.45, 7) is 0.284. The second-order valence-corrected chi connectivity index (χ2v) is 5.05. The number of fused-ring (bicyclic) bond motifs is 1. The first kappa shape index (κ1) is 14.7. The van der Waals surface area contributed by atoms with E-state index >= 15 is 0 Å². The summed E-state index contributed by atoms with van der Waals surface area (Å²) < 4.78 is 0. The second kappa shape index (κ2) is 6.70. The molecule has 5 nitrogen and oxygen atoms in total. The van der Waals surface area contributed by atoms with E-state index in [4.69, 9.17) is 0 Å². The van der Waals surface area contributed by atoms with Crippen LogP contribution in [0, 0.1) is 0 Å². The Morgan fingerprint density at radius 3 is 2.39 bits per heavy atom. The van der Waals surface area contributed by atoms with Gasteiger partial charge >= 0.3 is 11.8 Å². The molecule has 0 saturated carbocycles. The number of hydrogen-bond acceptors (Lipinski definition) is 3. The van der Waals surface area contributed by atoms with Crippen molar-refractivity contribution in [3.05, 3.63) is 72.6 Å². The third-order valence-electron chi connectivity index (χ3n) is 3.42. The molecule has 1 heterocycles. The standard InChI is InChI=1S/C18H15N3O2/c22-17(20-12-13-7-9-19-10-8-13)18(23)21-16-6-5-14-3-1-2-4-15(14)11-16/h1-11H,12H2,(H,20,22)(H,21,23). The van der Waals surface area contributed by atoms with E-state index in [0.29, 0.717) is 5.69 Å². The fourth-order valence-electron chi connectivity index (χ4n) is 2.22. The molecule has 114 valence electrons. The van der Waals surface area contributed by atoms with Crippen molar-refractivity contribution < 1.29 is 9.59 Å². The quantitative estimate of drug-likeness (QED) is 0.730. The molecule has 23 heavy (non-hydrogen) atoms. The predicted molar refractivity (Wildman–Crippen MR) is 88.7 cm³/mol. The molecule has 2 aromatic carbocycles. The first-order chi connectivity index (χ1) is 11.2. The van der Waals surface area contributed by atoms with Gasteiger partial charge in [-0.25, -0.2) is 0 Å². The predicted octanol–water partition coefficient (Wildman–Crippen LogP) is 2.49. The lowest BCUT2D eigenvalue weighted by Crippen LogP contribution is -2.34. The smallest absolute Gasteiger partial charge is 0.313 e. The number of amides is 2. The lowest BCUT2D eigenvalue weighted by molar-refractivity contribution is -0.136. The molecule has 2 amide bonds. The van der Waals surface area contributed by atoms with Crippen molar-refractivity contribution in [2.75, 3.05) is 5.32 Å². The van der Waals surface area contributed by atoms with E-state index in [1.54, 1.807) is 30.6 Å². The number of nitrogens with one attached hydrogen (secondary N) is 2. The maximum atomic E-state index is 11.9. The zero-order chi connectivity index (χ0) is 16.1. The minimum atomic E-state index is -0.686. The van der Waals surface area contributed by atoms with Gasteiger partial charge in [0.05, 0.1) is 0 Å². The van der Waals surface area contributed by atoms with Crippen LogP contribution < -0.4 is 10.6 Å². The van der Waals surface area contributed by atoms with Crippen LogP contribution >= 0.6 is 0 Å². The third kappa shape index (κ3) is 3.71. The summed E-state index contributed by atoms with van der Waals surface area (Å²) in [5.41, 5.74) is 1.47. The fraction of sp³-hybridized carbons (Fsp3) is 0.0556. The molecule has 0 bridgehead atoms. The summed E-state index contributed by atoms with van der Waals surface area (Å²) in [4.78, 5) is 27.7. The Morgan fingerprint density at radius 2 is 1.61 bits per heavy atom. The van der Waals surface area contributed by atoms with E-state index in [1.165, 1.54) is 0 Å².